The molecule has 2 atom stereocenters. The first kappa shape index (κ1) is 29.1. The van der Waals surface area contributed by atoms with Crippen LogP contribution in [0.25, 0.3) is 11.3 Å². The lowest BCUT2D eigenvalue weighted by atomic mass is 9.98. The van der Waals surface area contributed by atoms with E-state index in [4.69, 9.17) is 5.73 Å². The molecule has 2 aromatic carbocycles. The van der Waals surface area contributed by atoms with Crippen LogP contribution >= 0.6 is 11.8 Å². The van der Waals surface area contributed by atoms with Crippen molar-refractivity contribution in [3.8, 4) is 0 Å². The maximum atomic E-state index is 5.48. The van der Waals surface area contributed by atoms with Gasteiger partial charge in [-0.25, -0.2) is 0 Å². The summed E-state index contributed by atoms with van der Waals surface area (Å²) in [5.74, 6) is 0.646. The normalized spacial score (nSPS) is 23.2. The molecule has 38 heavy (non-hydrogen) atoms. The van der Waals surface area contributed by atoms with Crippen LogP contribution in [-0.4, -0.2) is 6.04 Å². The van der Waals surface area contributed by atoms with Crippen LogP contribution in [0.5, 0.6) is 0 Å². The summed E-state index contributed by atoms with van der Waals surface area (Å²) in [4.78, 5) is 1.27. The minimum atomic E-state index is 0.515. The number of hydrogen-bond acceptors (Lipinski definition) is 3. The highest BCUT2D eigenvalue weighted by Gasteiger charge is 2.12. The summed E-state index contributed by atoms with van der Waals surface area (Å²) in [6.07, 6.45) is 20.7. The van der Waals surface area contributed by atoms with Crippen LogP contribution < -0.4 is 11.1 Å². The second-order valence-electron chi connectivity index (χ2n) is 10.2. The molecule has 0 radical (unpaired) electrons. The Hall–Kier alpha value is -3.43. The molecule has 0 saturated carbocycles. The number of benzene rings is 2. The standard InChI is InChI=1S/C19H21NS.C16H21N/c1-14(13-20)7-6-9-17-12-18-15(2)8-4-5-10-21-19(18)11-16(17)3;1-12-7-6-10-16(17-14(3)11-12)15-9-5-4-8-13(15)2/h4-8,10-13H,2,9,20H2,1,3H3;4-10,12,14,17H,11H2,1-3H3/b7-6-,8-4-,10-5-,14-13-;7-6-,16-10-/t;12?,14-/m.0/s1. The summed E-state index contributed by atoms with van der Waals surface area (Å²) < 4.78 is 0. The van der Waals surface area contributed by atoms with Crippen molar-refractivity contribution >= 4 is 23.0 Å². The van der Waals surface area contributed by atoms with Crippen LogP contribution in [0.2, 0.25) is 0 Å². The van der Waals surface area contributed by atoms with Gasteiger partial charge in [0.25, 0.3) is 0 Å². The smallest absolute Gasteiger partial charge is 0.0418 e. The van der Waals surface area contributed by atoms with E-state index in [9.17, 15) is 0 Å². The Bertz CT molecular complexity index is 1300. The van der Waals surface area contributed by atoms with Crippen molar-refractivity contribution in [2.24, 2.45) is 11.7 Å². The lowest BCUT2D eigenvalue weighted by Gasteiger charge is -2.22. The van der Waals surface area contributed by atoms with Gasteiger partial charge in [-0.05, 0) is 110 Å². The Balaban J connectivity index is 0.000000215. The molecule has 3 N–H and O–H groups in total. The third-order valence-electron chi connectivity index (χ3n) is 6.71. The zero-order valence-corrected chi connectivity index (χ0v) is 24.3. The van der Waals surface area contributed by atoms with E-state index < -0.39 is 0 Å². The van der Waals surface area contributed by atoms with Crippen LogP contribution in [0, 0.1) is 19.8 Å². The molecule has 2 aliphatic heterocycles. The lowest BCUT2D eigenvalue weighted by Crippen LogP contribution is -2.27. The van der Waals surface area contributed by atoms with Gasteiger partial charge in [0, 0.05) is 22.2 Å². The van der Waals surface area contributed by atoms with Crippen molar-refractivity contribution in [2.75, 3.05) is 0 Å². The summed E-state index contributed by atoms with van der Waals surface area (Å²) >= 11 is 1.75. The molecule has 0 spiro atoms. The largest absolute Gasteiger partial charge is 0.404 e. The van der Waals surface area contributed by atoms with Crippen LogP contribution in [0.4, 0.5) is 0 Å². The molecular weight excluding hydrogens is 480 g/mol. The summed E-state index contributed by atoms with van der Waals surface area (Å²) in [5.41, 5.74) is 15.3. The van der Waals surface area contributed by atoms with E-state index in [1.165, 1.54) is 44.8 Å². The second-order valence-corrected chi connectivity index (χ2v) is 11.1. The molecular formula is C35H42N2S. The van der Waals surface area contributed by atoms with Gasteiger partial charge in [0.1, 0.15) is 0 Å². The predicted molar refractivity (Wildman–Crippen MR) is 170 cm³/mol. The molecule has 0 amide bonds. The van der Waals surface area contributed by atoms with Gasteiger partial charge < -0.3 is 11.1 Å². The Morgan fingerprint density at radius 1 is 1.08 bits per heavy atom. The van der Waals surface area contributed by atoms with E-state index in [-0.39, 0.29) is 0 Å². The van der Waals surface area contributed by atoms with Crippen molar-refractivity contribution in [1.82, 2.24) is 5.32 Å². The number of fused-ring (bicyclic) bond motifs is 1. The Labute approximate surface area is 234 Å². The molecule has 2 aromatic rings. The van der Waals surface area contributed by atoms with Gasteiger partial charge in [0.2, 0.25) is 0 Å². The first-order valence-electron chi connectivity index (χ1n) is 13.4. The molecule has 0 aromatic heterocycles. The zero-order chi connectivity index (χ0) is 27.5. The fourth-order valence-electron chi connectivity index (χ4n) is 4.53. The predicted octanol–water partition coefficient (Wildman–Crippen LogP) is 9.06. The van der Waals surface area contributed by atoms with Gasteiger partial charge in [0.05, 0.1) is 0 Å². The topological polar surface area (TPSA) is 38.0 Å². The number of aryl methyl sites for hydroxylation is 2. The number of nitrogens with two attached hydrogens (primary N) is 1. The molecule has 198 valence electrons. The molecule has 0 fully saturated rings. The van der Waals surface area contributed by atoms with E-state index in [0.29, 0.717) is 12.0 Å². The molecule has 2 aliphatic rings. The average Bonchev–Trinajstić information content (AvgIpc) is 2.87. The first-order valence-corrected chi connectivity index (χ1v) is 14.2. The third-order valence-corrected chi connectivity index (χ3v) is 7.60. The summed E-state index contributed by atoms with van der Waals surface area (Å²) in [5, 5.41) is 5.72. The zero-order valence-electron chi connectivity index (χ0n) is 23.5. The van der Waals surface area contributed by atoms with Crippen molar-refractivity contribution < 1.29 is 0 Å². The van der Waals surface area contributed by atoms with E-state index in [2.05, 4.69) is 118 Å². The highest BCUT2D eigenvalue weighted by Crippen LogP contribution is 2.33. The summed E-state index contributed by atoms with van der Waals surface area (Å²) in [7, 11) is 0. The minimum absolute atomic E-state index is 0.515. The van der Waals surface area contributed by atoms with E-state index >= 15 is 0 Å². The van der Waals surface area contributed by atoms with E-state index in [1.54, 1.807) is 18.0 Å². The van der Waals surface area contributed by atoms with Crippen LogP contribution in [0.1, 0.15) is 55.0 Å². The van der Waals surface area contributed by atoms with Crippen molar-refractivity contribution in [3.63, 3.8) is 0 Å². The SMILES string of the molecule is C=C1/C=C\C=C/Sc2cc(C)c(C/C=C\C(C)=C/N)cc21.Cc1ccccc1/C1=C/C=C\C(C)C[C@H](C)N1. The number of hydrogen-bond donors (Lipinski definition) is 2. The average molecular weight is 523 g/mol. The number of nitrogens with one attached hydrogen (secondary N) is 1. The maximum Gasteiger partial charge on any atom is 0.0418 e. The third kappa shape index (κ3) is 8.56. The Morgan fingerprint density at radius 2 is 1.87 bits per heavy atom. The summed E-state index contributed by atoms with van der Waals surface area (Å²) in [6, 6.07) is 13.6. The van der Waals surface area contributed by atoms with Crippen LogP contribution in [0.3, 0.4) is 0 Å². The number of allylic oxidation sites excluding steroid dienone is 10. The fourth-order valence-corrected chi connectivity index (χ4v) is 5.41. The van der Waals surface area contributed by atoms with Crippen molar-refractivity contribution in [3.05, 3.63) is 137 Å². The lowest BCUT2D eigenvalue weighted by molar-refractivity contribution is 0.517. The van der Waals surface area contributed by atoms with Gasteiger partial charge >= 0.3 is 0 Å². The first-order chi connectivity index (χ1) is 18.3. The highest BCUT2D eigenvalue weighted by molar-refractivity contribution is 8.02. The molecule has 2 heterocycles. The van der Waals surface area contributed by atoms with Gasteiger partial charge in [-0.2, -0.15) is 0 Å². The quantitative estimate of drug-likeness (QED) is 0.393. The number of thioether (sulfide) groups is 1. The molecule has 0 aliphatic carbocycles. The van der Waals surface area contributed by atoms with E-state index in [0.717, 1.165) is 17.6 Å². The minimum Gasteiger partial charge on any atom is -0.404 e. The maximum absolute atomic E-state index is 5.48. The van der Waals surface area contributed by atoms with Gasteiger partial charge in [-0.3, -0.25) is 0 Å². The van der Waals surface area contributed by atoms with Crippen molar-refractivity contribution in [2.45, 2.75) is 58.4 Å². The molecule has 0 bridgehead atoms. The molecule has 1 unspecified atom stereocenters. The Morgan fingerprint density at radius 3 is 2.63 bits per heavy atom. The second kappa shape index (κ2) is 14.5. The molecule has 3 heteroatoms. The van der Waals surface area contributed by atoms with Gasteiger partial charge in [-0.1, -0.05) is 92.1 Å². The molecule has 4 rings (SSSR count). The van der Waals surface area contributed by atoms with Gasteiger partial charge in [-0.15, -0.1) is 0 Å². The number of rotatable bonds is 4. The fraction of sp³-hybridized carbons (Fsp3) is 0.257. The van der Waals surface area contributed by atoms with E-state index in [1.807, 2.05) is 19.1 Å². The van der Waals surface area contributed by atoms with Gasteiger partial charge in [0.15, 0.2) is 0 Å². The van der Waals surface area contributed by atoms with Crippen LogP contribution in [-0.2, 0) is 6.42 Å². The molecule has 2 nitrogen and oxygen atoms in total. The molecule has 0 saturated heterocycles. The highest BCUT2D eigenvalue weighted by atomic mass is 32.2. The van der Waals surface area contributed by atoms with Crippen molar-refractivity contribution in [1.29, 1.82) is 0 Å². The summed E-state index contributed by atoms with van der Waals surface area (Å²) in [6.45, 7) is 15.0. The van der Waals surface area contributed by atoms with Crippen LogP contribution in [0.15, 0.2) is 114 Å². The monoisotopic (exact) mass is 522 g/mol. The Kier molecular flexibility index (Phi) is 11.1.